The Kier molecular flexibility index (Phi) is 2.52. The molecular formula is C15H14N2O. The number of nitrogens with zero attached hydrogens (tertiary/aromatic N) is 2. The van der Waals surface area contributed by atoms with Crippen LogP contribution in [-0.4, -0.2) is 16.9 Å². The second kappa shape index (κ2) is 4.18. The van der Waals surface area contributed by atoms with Gasteiger partial charge in [-0.2, -0.15) is 5.10 Å². The van der Waals surface area contributed by atoms with Crippen LogP contribution in [0, 0.1) is 6.92 Å². The zero-order valence-corrected chi connectivity index (χ0v) is 10.4. The van der Waals surface area contributed by atoms with Crippen molar-refractivity contribution in [2.75, 3.05) is 7.11 Å². The predicted octanol–water partition coefficient (Wildman–Crippen LogP) is 3.34. The molecule has 0 radical (unpaired) electrons. The Morgan fingerprint density at radius 1 is 1.11 bits per heavy atom. The topological polar surface area (TPSA) is 27.1 Å². The molecule has 3 rings (SSSR count). The van der Waals surface area contributed by atoms with Crippen LogP contribution in [0.2, 0.25) is 0 Å². The average molecular weight is 238 g/mol. The van der Waals surface area contributed by atoms with Gasteiger partial charge in [-0.3, -0.25) is 0 Å². The van der Waals surface area contributed by atoms with E-state index < -0.39 is 0 Å². The minimum Gasteiger partial charge on any atom is -0.496 e. The quantitative estimate of drug-likeness (QED) is 0.684. The number of ether oxygens (including phenoxy) is 1. The van der Waals surface area contributed by atoms with Crippen molar-refractivity contribution >= 4 is 10.9 Å². The van der Waals surface area contributed by atoms with Crippen molar-refractivity contribution in [3.05, 3.63) is 54.2 Å². The molecule has 0 aliphatic carbocycles. The molecule has 18 heavy (non-hydrogen) atoms. The fourth-order valence-electron chi connectivity index (χ4n) is 2.09. The third-order valence-electron chi connectivity index (χ3n) is 3.04. The Hall–Kier alpha value is -2.29. The van der Waals surface area contributed by atoms with E-state index in [2.05, 4.69) is 5.10 Å². The highest BCUT2D eigenvalue weighted by molar-refractivity contribution is 5.81. The van der Waals surface area contributed by atoms with E-state index in [0.717, 1.165) is 27.9 Å². The van der Waals surface area contributed by atoms with Gasteiger partial charge in [-0.05, 0) is 36.8 Å². The standard InChI is InChI=1S/C15H14N2O/c1-11-8-14-12(9-15(11)18-2)10-17(16-14)13-6-4-3-5-7-13/h3-10H,1-2H3. The van der Waals surface area contributed by atoms with Crippen LogP contribution in [0.25, 0.3) is 16.6 Å². The second-order valence-electron chi connectivity index (χ2n) is 4.29. The molecule has 0 fully saturated rings. The van der Waals surface area contributed by atoms with Gasteiger partial charge in [0.2, 0.25) is 0 Å². The first-order chi connectivity index (χ1) is 8.78. The summed E-state index contributed by atoms with van der Waals surface area (Å²) in [5, 5.41) is 5.66. The molecule has 0 bridgehead atoms. The summed E-state index contributed by atoms with van der Waals surface area (Å²) in [5.41, 5.74) is 3.14. The third kappa shape index (κ3) is 1.74. The molecule has 0 saturated heterocycles. The monoisotopic (exact) mass is 238 g/mol. The lowest BCUT2D eigenvalue weighted by molar-refractivity contribution is 0.412. The smallest absolute Gasteiger partial charge is 0.122 e. The molecule has 3 heteroatoms. The van der Waals surface area contributed by atoms with Crippen LogP contribution >= 0.6 is 0 Å². The maximum atomic E-state index is 5.33. The van der Waals surface area contributed by atoms with Gasteiger partial charge in [-0.15, -0.1) is 0 Å². The van der Waals surface area contributed by atoms with Gasteiger partial charge in [0.15, 0.2) is 0 Å². The lowest BCUT2D eigenvalue weighted by Gasteiger charge is -2.02. The highest BCUT2D eigenvalue weighted by atomic mass is 16.5. The molecule has 0 aliphatic heterocycles. The summed E-state index contributed by atoms with van der Waals surface area (Å²) in [7, 11) is 1.69. The first kappa shape index (κ1) is 10.8. The number of methoxy groups -OCH3 is 1. The average Bonchev–Trinajstić information content (AvgIpc) is 2.81. The molecule has 1 heterocycles. The third-order valence-corrected chi connectivity index (χ3v) is 3.04. The van der Waals surface area contributed by atoms with Crippen LogP contribution in [-0.2, 0) is 0 Å². The van der Waals surface area contributed by atoms with E-state index >= 15 is 0 Å². The summed E-state index contributed by atoms with van der Waals surface area (Å²) in [6.07, 6.45) is 2.02. The van der Waals surface area contributed by atoms with Crippen molar-refractivity contribution in [2.24, 2.45) is 0 Å². The Morgan fingerprint density at radius 3 is 2.61 bits per heavy atom. The van der Waals surface area contributed by atoms with Gasteiger partial charge in [0.1, 0.15) is 5.75 Å². The fourth-order valence-corrected chi connectivity index (χ4v) is 2.09. The van der Waals surface area contributed by atoms with Crippen LogP contribution in [0.4, 0.5) is 0 Å². The molecule has 0 amide bonds. The van der Waals surface area contributed by atoms with Crippen molar-refractivity contribution in [3.8, 4) is 11.4 Å². The maximum Gasteiger partial charge on any atom is 0.122 e. The molecule has 2 aromatic carbocycles. The molecule has 3 nitrogen and oxygen atoms in total. The number of aryl methyl sites for hydroxylation is 1. The van der Waals surface area contributed by atoms with E-state index in [1.54, 1.807) is 7.11 Å². The highest BCUT2D eigenvalue weighted by Crippen LogP contribution is 2.25. The van der Waals surface area contributed by atoms with Crippen molar-refractivity contribution in [2.45, 2.75) is 6.92 Å². The van der Waals surface area contributed by atoms with E-state index in [-0.39, 0.29) is 0 Å². The first-order valence-electron chi connectivity index (χ1n) is 5.87. The van der Waals surface area contributed by atoms with Gasteiger partial charge in [0.05, 0.1) is 18.3 Å². The predicted molar refractivity (Wildman–Crippen MR) is 72.4 cm³/mol. The van der Waals surface area contributed by atoms with E-state index in [1.807, 2.05) is 60.3 Å². The number of hydrogen-bond acceptors (Lipinski definition) is 2. The van der Waals surface area contributed by atoms with Crippen molar-refractivity contribution in [3.63, 3.8) is 0 Å². The lowest BCUT2D eigenvalue weighted by Crippen LogP contribution is -1.92. The molecule has 0 saturated carbocycles. The molecule has 0 N–H and O–H groups in total. The zero-order valence-electron chi connectivity index (χ0n) is 10.4. The van der Waals surface area contributed by atoms with Gasteiger partial charge in [0, 0.05) is 11.6 Å². The Balaban J connectivity index is 2.17. The summed E-state index contributed by atoms with van der Waals surface area (Å²) in [5.74, 6) is 0.898. The van der Waals surface area contributed by atoms with Gasteiger partial charge < -0.3 is 4.74 Å². The molecule has 1 aromatic heterocycles. The summed E-state index contributed by atoms with van der Waals surface area (Å²) < 4.78 is 7.22. The number of hydrogen-bond donors (Lipinski definition) is 0. The van der Waals surface area contributed by atoms with Crippen LogP contribution in [0.15, 0.2) is 48.7 Å². The van der Waals surface area contributed by atoms with E-state index in [4.69, 9.17) is 4.74 Å². The van der Waals surface area contributed by atoms with Crippen LogP contribution in [0.1, 0.15) is 5.56 Å². The van der Waals surface area contributed by atoms with Crippen LogP contribution < -0.4 is 4.74 Å². The molecule has 0 spiro atoms. The summed E-state index contributed by atoms with van der Waals surface area (Å²) >= 11 is 0. The lowest BCUT2D eigenvalue weighted by atomic mass is 10.1. The maximum absolute atomic E-state index is 5.33. The summed E-state index contributed by atoms with van der Waals surface area (Å²) in [4.78, 5) is 0. The summed E-state index contributed by atoms with van der Waals surface area (Å²) in [6.45, 7) is 2.03. The Bertz CT molecular complexity index is 686. The normalized spacial score (nSPS) is 10.8. The SMILES string of the molecule is COc1cc2cn(-c3ccccc3)nc2cc1C. The van der Waals surface area contributed by atoms with Crippen molar-refractivity contribution < 1.29 is 4.74 Å². The number of para-hydroxylation sites is 1. The Labute approximate surface area is 106 Å². The van der Waals surface area contributed by atoms with E-state index in [9.17, 15) is 0 Å². The van der Waals surface area contributed by atoms with Gasteiger partial charge in [0.25, 0.3) is 0 Å². The van der Waals surface area contributed by atoms with Gasteiger partial charge >= 0.3 is 0 Å². The zero-order chi connectivity index (χ0) is 12.5. The molecule has 0 unspecified atom stereocenters. The second-order valence-corrected chi connectivity index (χ2v) is 4.29. The summed E-state index contributed by atoms with van der Waals surface area (Å²) in [6, 6.07) is 14.2. The van der Waals surface area contributed by atoms with Gasteiger partial charge in [-0.25, -0.2) is 4.68 Å². The fraction of sp³-hybridized carbons (Fsp3) is 0.133. The highest BCUT2D eigenvalue weighted by Gasteiger charge is 2.06. The minimum absolute atomic E-state index is 0.898. The largest absolute Gasteiger partial charge is 0.496 e. The molecule has 0 atom stereocenters. The number of fused-ring (bicyclic) bond motifs is 1. The molecule has 3 aromatic rings. The molecular weight excluding hydrogens is 224 g/mol. The number of benzene rings is 2. The molecule has 90 valence electrons. The van der Waals surface area contributed by atoms with Crippen molar-refractivity contribution in [1.82, 2.24) is 9.78 Å². The minimum atomic E-state index is 0.898. The van der Waals surface area contributed by atoms with Crippen LogP contribution in [0.5, 0.6) is 5.75 Å². The molecule has 0 aliphatic rings. The van der Waals surface area contributed by atoms with E-state index in [1.165, 1.54) is 0 Å². The first-order valence-corrected chi connectivity index (χ1v) is 5.87. The van der Waals surface area contributed by atoms with Gasteiger partial charge in [-0.1, -0.05) is 18.2 Å². The number of rotatable bonds is 2. The number of aromatic nitrogens is 2. The van der Waals surface area contributed by atoms with Crippen LogP contribution in [0.3, 0.4) is 0 Å². The van der Waals surface area contributed by atoms with E-state index in [0.29, 0.717) is 0 Å². The van der Waals surface area contributed by atoms with Crippen molar-refractivity contribution in [1.29, 1.82) is 0 Å². The Morgan fingerprint density at radius 2 is 1.89 bits per heavy atom.